The van der Waals surface area contributed by atoms with E-state index in [2.05, 4.69) is 39.9 Å². The minimum absolute atomic E-state index is 0.0590. The van der Waals surface area contributed by atoms with Crippen LogP contribution in [0.2, 0.25) is 0 Å². The number of fused-ring (bicyclic) bond motifs is 3. The van der Waals surface area contributed by atoms with Crippen molar-refractivity contribution in [3.05, 3.63) is 41.4 Å². The molecule has 2 aromatic rings. The van der Waals surface area contributed by atoms with E-state index >= 15 is 0 Å². The van der Waals surface area contributed by atoms with Crippen molar-refractivity contribution < 1.29 is 13.5 Å². The van der Waals surface area contributed by atoms with E-state index in [1.807, 2.05) is 26.1 Å². The van der Waals surface area contributed by atoms with E-state index in [4.69, 9.17) is 9.84 Å². The van der Waals surface area contributed by atoms with Crippen molar-refractivity contribution in [2.75, 3.05) is 42.6 Å². The molecular formula is C27H37F2N5O. The maximum absolute atomic E-state index is 14.0. The molecule has 3 fully saturated rings. The summed E-state index contributed by atoms with van der Waals surface area (Å²) in [7, 11) is 0. The lowest BCUT2D eigenvalue weighted by Crippen LogP contribution is -2.51. The first-order valence-electron chi connectivity index (χ1n) is 13.0. The summed E-state index contributed by atoms with van der Waals surface area (Å²) in [6.45, 7) is 15.9. The topological polar surface area (TPSA) is 46.4 Å². The molecule has 1 aliphatic carbocycles. The lowest BCUT2D eigenvalue weighted by molar-refractivity contribution is -0.115. The van der Waals surface area contributed by atoms with Crippen molar-refractivity contribution in [2.45, 2.75) is 70.9 Å². The van der Waals surface area contributed by atoms with E-state index in [-0.39, 0.29) is 16.8 Å². The van der Waals surface area contributed by atoms with Gasteiger partial charge >= 0.3 is 0 Å². The van der Waals surface area contributed by atoms with Crippen molar-refractivity contribution in [1.82, 2.24) is 14.8 Å². The number of hydrogen-bond donors (Lipinski definition) is 0. The van der Waals surface area contributed by atoms with Crippen molar-refractivity contribution >= 4 is 17.6 Å². The molecule has 6 nitrogen and oxygen atoms in total. The average molecular weight is 486 g/mol. The number of nitrogens with zero attached hydrogens (tertiary/aromatic N) is 5. The summed E-state index contributed by atoms with van der Waals surface area (Å²) in [5.74, 6) is 1.19. The summed E-state index contributed by atoms with van der Waals surface area (Å²) in [4.78, 5) is 8.72. The first-order valence-corrected chi connectivity index (χ1v) is 13.0. The van der Waals surface area contributed by atoms with Crippen LogP contribution in [0, 0.1) is 12.8 Å². The quantitative estimate of drug-likeness (QED) is 0.559. The molecule has 2 spiro atoms. The summed E-state index contributed by atoms with van der Waals surface area (Å²) in [5.41, 5.74) is 3.20. The normalized spacial score (nSPS) is 22.0. The van der Waals surface area contributed by atoms with Crippen molar-refractivity contribution in [2.24, 2.45) is 5.92 Å². The number of rotatable bonds is 4. The Morgan fingerprint density at radius 3 is 2.40 bits per heavy atom. The number of aryl methyl sites for hydroxylation is 1. The Morgan fingerprint density at radius 2 is 1.83 bits per heavy atom. The van der Waals surface area contributed by atoms with Crippen LogP contribution in [0.3, 0.4) is 0 Å². The van der Waals surface area contributed by atoms with Gasteiger partial charge in [0.15, 0.2) is 0 Å². The number of ether oxygens (including phenoxy) is 1. The van der Waals surface area contributed by atoms with Crippen LogP contribution in [0.1, 0.15) is 75.4 Å². The van der Waals surface area contributed by atoms with E-state index in [9.17, 15) is 8.78 Å². The molecule has 0 radical (unpaired) electrons. The Balaban J connectivity index is 0.00000124. The van der Waals surface area contributed by atoms with E-state index in [1.54, 1.807) is 0 Å². The molecule has 6 rings (SSSR count). The monoisotopic (exact) mass is 485 g/mol. The number of alkyl halides is 2. The van der Waals surface area contributed by atoms with Gasteiger partial charge in [-0.25, -0.2) is 13.8 Å². The molecule has 2 saturated heterocycles. The fourth-order valence-corrected chi connectivity index (χ4v) is 5.96. The third-order valence-corrected chi connectivity index (χ3v) is 8.04. The molecule has 1 saturated carbocycles. The second-order valence-electron chi connectivity index (χ2n) is 10.4. The second kappa shape index (κ2) is 8.87. The third kappa shape index (κ3) is 3.85. The van der Waals surface area contributed by atoms with Crippen LogP contribution < -0.4 is 9.80 Å². The van der Waals surface area contributed by atoms with Gasteiger partial charge in [0.2, 0.25) is 0 Å². The molecule has 0 amide bonds. The summed E-state index contributed by atoms with van der Waals surface area (Å²) in [6, 6.07) is 1.98. The molecule has 4 aliphatic rings. The molecule has 0 unspecified atom stereocenters. The number of pyridine rings is 1. The zero-order valence-electron chi connectivity index (χ0n) is 21.4. The predicted molar refractivity (Wildman–Crippen MR) is 135 cm³/mol. The first kappa shape index (κ1) is 24.2. The lowest BCUT2D eigenvalue weighted by atomic mass is 9.84. The summed E-state index contributed by atoms with van der Waals surface area (Å²) >= 11 is 0. The van der Waals surface area contributed by atoms with Gasteiger partial charge in [0.25, 0.3) is 6.43 Å². The minimum atomic E-state index is -2.64. The highest BCUT2D eigenvalue weighted by Gasteiger charge is 2.56. The molecule has 2 aromatic heterocycles. The van der Waals surface area contributed by atoms with E-state index < -0.39 is 6.43 Å². The molecule has 8 heteroatoms. The molecule has 190 valence electrons. The largest absolute Gasteiger partial charge is 0.370 e. The number of halogens is 2. The first-order chi connectivity index (χ1) is 16.9. The number of aromatic nitrogens is 3. The Kier molecular flexibility index (Phi) is 6.14. The summed E-state index contributed by atoms with van der Waals surface area (Å²) in [5, 5.41) is 4.71. The molecule has 35 heavy (non-hydrogen) atoms. The lowest BCUT2D eigenvalue weighted by Gasteiger charge is -2.47. The average Bonchev–Trinajstić information content (AvgIpc) is 3.52. The molecule has 0 aromatic carbocycles. The Bertz CT molecular complexity index is 1100. The van der Waals surface area contributed by atoms with Crippen LogP contribution in [0.5, 0.6) is 0 Å². The van der Waals surface area contributed by atoms with Crippen LogP contribution in [-0.4, -0.2) is 47.6 Å². The van der Waals surface area contributed by atoms with Gasteiger partial charge in [0.1, 0.15) is 17.1 Å². The highest BCUT2D eigenvalue weighted by atomic mass is 19.3. The van der Waals surface area contributed by atoms with E-state index in [0.717, 1.165) is 44.5 Å². The Labute approximate surface area is 207 Å². The molecular weight excluding hydrogens is 448 g/mol. The fraction of sp³-hybridized carbons (Fsp3) is 0.630. The molecule has 0 bridgehead atoms. The number of anilines is 2. The molecule has 5 heterocycles. The highest BCUT2D eigenvalue weighted by molar-refractivity contribution is 5.73. The van der Waals surface area contributed by atoms with Gasteiger partial charge in [-0.05, 0) is 44.1 Å². The number of piperidine rings is 1. The third-order valence-electron chi connectivity index (χ3n) is 8.04. The fourth-order valence-electron chi connectivity index (χ4n) is 5.96. The van der Waals surface area contributed by atoms with Gasteiger partial charge in [-0.3, -0.25) is 4.68 Å². The molecule has 0 N–H and O–H groups in total. The van der Waals surface area contributed by atoms with Crippen LogP contribution in [0.25, 0.3) is 6.08 Å². The van der Waals surface area contributed by atoms with Crippen LogP contribution in [0.4, 0.5) is 20.3 Å². The van der Waals surface area contributed by atoms with Gasteiger partial charge in [-0.1, -0.05) is 33.4 Å². The van der Waals surface area contributed by atoms with Crippen LogP contribution >= 0.6 is 0 Å². The SMILES string of the molecule is C=Cc1c(N2CC(C)C2)cc(N2CCC3(CC2)OCC2(CC2)n2ncc(C)c23)nc1C(F)F.CC. The van der Waals surface area contributed by atoms with Gasteiger partial charge in [-0.15, -0.1) is 0 Å². The molecule has 3 aliphatic heterocycles. The maximum atomic E-state index is 14.0. The predicted octanol–water partition coefficient (Wildman–Crippen LogP) is 5.66. The Hall–Kier alpha value is -2.48. The second-order valence-corrected chi connectivity index (χ2v) is 10.4. The smallest absolute Gasteiger partial charge is 0.281 e. The van der Waals surface area contributed by atoms with Crippen LogP contribution in [0.15, 0.2) is 18.8 Å². The van der Waals surface area contributed by atoms with Gasteiger partial charge < -0.3 is 14.5 Å². The maximum Gasteiger partial charge on any atom is 0.281 e. The summed E-state index contributed by atoms with van der Waals surface area (Å²) in [6.07, 6.45) is 4.67. The zero-order valence-corrected chi connectivity index (χ0v) is 21.4. The molecule has 0 atom stereocenters. The van der Waals surface area contributed by atoms with Crippen molar-refractivity contribution in [1.29, 1.82) is 0 Å². The van der Waals surface area contributed by atoms with Crippen molar-refractivity contribution in [3.63, 3.8) is 0 Å². The summed E-state index contributed by atoms with van der Waals surface area (Å²) < 4.78 is 36.7. The van der Waals surface area contributed by atoms with Crippen molar-refractivity contribution in [3.8, 4) is 0 Å². The van der Waals surface area contributed by atoms with E-state index in [1.165, 1.54) is 17.3 Å². The zero-order chi connectivity index (χ0) is 25.0. The minimum Gasteiger partial charge on any atom is -0.370 e. The van der Waals surface area contributed by atoms with E-state index in [0.29, 0.717) is 37.0 Å². The van der Waals surface area contributed by atoms with Gasteiger partial charge in [0, 0.05) is 43.5 Å². The number of hydrogen-bond acceptors (Lipinski definition) is 5. The highest BCUT2D eigenvalue weighted by Crippen LogP contribution is 2.53. The standard InChI is InChI=1S/C25H31F2N5O.C2H6/c1-4-18-19(31-13-16(2)14-31)11-20(29-21(18)23(26)27)30-9-7-25(8-10-30)22-17(3)12-28-32(22)24(5-6-24)15-33-25;1-2/h4,11-12,16,23H,1,5-10,13-15H2,2-3H3;1-2H3. The van der Waals surface area contributed by atoms with Gasteiger partial charge in [-0.2, -0.15) is 5.10 Å². The van der Waals surface area contributed by atoms with Gasteiger partial charge in [0.05, 0.1) is 24.0 Å². The Morgan fingerprint density at radius 1 is 1.14 bits per heavy atom. The van der Waals surface area contributed by atoms with Crippen LogP contribution in [-0.2, 0) is 15.9 Å².